The van der Waals surface area contributed by atoms with E-state index in [0.29, 0.717) is 12.0 Å². The second-order valence-electron chi connectivity index (χ2n) is 6.01. The predicted octanol–water partition coefficient (Wildman–Crippen LogP) is 1.78. The maximum absolute atomic E-state index is 9.19. The van der Waals surface area contributed by atoms with Gasteiger partial charge in [-0.05, 0) is 37.5 Å². The SMILES string of the molecule is NC(=NCC1(CCO)CCCC1)NC1CCCC1. The number of hydrogen-bond acceptors (Lipinski definition) is 2. The van der Waals surface area contributed by atoms with Crippen LogP contribution in [-0.2, 0) is 0 Å². The molecule has 0 aromatic heterocycles. The summed E-state index contributed by atoms with van der Waals surface area (Å²) in [6, 6.07) is 0.533. The molecule has 2 fully saturated rings. The summed E-state index contributed by atoms with van der Waals surface area (Å²) in [7, 11) is 0. The van der Waals surface area contributed by atoms with Gasteiger partial charge in [0.25, 0.3) is 0 Å². The van der Waals surface area contributed by atoms with E-state index in [4.69, 9.17) is 5.73 Å². The van der Waals surface area contributed by atoms with Crippen molar-refractivity contribution in [2.45, 2.75) is 63.8 Å². The summed E-state index contributed by atoms with van der Waals surface area (Å²) in [4.78, 5) is 4.53. The molecule has 0 heterocycles. The molecule has 4 heteroatoms. The smallest absolute Gasteiger partial charge is 0.188 e. The molecule has 0 amide bonds. The van der Waals surface area contributed by atoms with Gasteiger partial charge < -0.3 is 16.2 Å². The lowest BCUT2D eigenvalue weighted by atomic mass is 9.83. The zero-order valence-electron chi connectivity index (χ0n) is 11.3. The highest BCUT2D eigenvalue weighted by molar-refractivity contribution is 5.78. The van der Waals surface area contributed by atoms with Crippen LogP contribution in [0.4, 0.5) is 0 Å². The van der Waals surface area contributed by atoms with Crippen LogP contribution in [0.15, 0.2) is 4.99 Å². The van der Waals surface area contributed by atoms with Crippen LogP contribution in [0, 0.1) is 5.41 Å². The van der Waals surface area contributed by atoms with E-state index < -0.39 is 0 Å². The van der Waals surface area contributed by atoms with Gasteiger partial charge in [-0.15, -0.1) is 0 Å². The van der Waals surface area contributed by atoms with Gasteiger partial charge in [-0.25, -0.2) is 0 Å². The van der Waals surface area contributed by atoms with E-state index in [1.807, 2.05) is 0 Å². The summed E-state index contributed by atoms with van der Waals surface area (Å²) in [5.74, 6) is 0.603. The normalized spacial score (nSPS) is 24.6. The molecule has 0 radical (unpaired) electrons. The van der Waals surface area contributed by atoms with E-state index in [-0.39, 0.29) is 12.0 Å². The molecule has 0 unspecified atom stereocenters. The van der Waals surface area contributed by atoms with E-state index >= 15 is 0 Å². The largest absolute Gasteiger partial charge is 0.396 e. The fraction of sp³-hybridized carbons (Fsp3) is 0.929. The second-order valence-corrected chi connectivity index (χ2v) is 6.01. The molecule has 0 aliphatic heterocycles. The van der Waals surface area contributed by atoms with E-state index in [2.05, 4.69) is 10.3 Å². The number of nitrogens with zero attached hydrogens (tertiary/aromatic N) is 1. The molecule has 0 aromatic rings. The molecule has 2 rings (SSSR count). The second kappa shape index (κ2) is 6.41. The third kappa shape index (κ3) is 3.61. The van der Waals surface area contributed by atoms with E-state index in [1.54, 1.807) is 0 Å². The van der Waals surface area contributed by atoms with Crippen LogP contribution in [0.1, 0.15) is 57.8 Å². The van der Waals surface area contributed by atoms with E-state index in [0.717, 1.165) is 13.0 Å². The molecule has 2 aliphatic rings. The molecule has 18 heavy (non-hydrogen) atoms. The van der Waals surface area contributed by atoms with Crippen molar-refractivity contribution in [3.05, 3.63) is 0 Å². The van der Waals surface area contributed by atoms with Crippen LogP contribution in [0.5, 0.6) is 0 Å². The molecule has 4 nitrogen and oxygen atoms in total. The van der Waals surface area contributed by atoms with Crippen LogP contribution in [0.2, 0.25) is 0 Å². The summed E-state index contributed by atoms with van der Waals surface area (Å²) in [6.07, 6.45) is 10.8. The Morgan fingerprint density at radius 2 is 1.89 bits per heavy atom. The van der Waals surface area contributed by atoms with Crippen molar-refractivity contribution < 1.29 is 5.11 Å². The van der Waals surface area contributed by atoms with E-state index in [9.17, 15) is 5.11 Å². The molecule has 0 atom stereocenters. The molecule has 0 bridgehead atoms. The summed E-state index contributed by atoms with van der Waals surface area (Å²) in [6.45, 7) is 1.05. The Bertz CT molecular complexity index is 279. The minimum Gasteiger partial charge on any atom is -0.396 e. The fourth-order valence-corrected chi connectivity index (χ4v) is 3.43. The lowest BCUT2D eigenvalue weighted by molar-refractivity contribution is 0.191. The van der Waals surface area contributed by atoms with Gasteiger partial charge in [-0.3, -0.25) is 4.99 Å². The van der Waals surface area contributed by atoms with Gasteiger partial charge >= 0.3 is 0 Å². The number of rotatable bonds is 5. The van der Waals surface area contributed by atoms with Gasteiger partial charge in [0.15, 0.2) is 5.96 Å². The van der Waals surface area contributed by atoms with Crippen molar-refractivity contribution in [3.8, 4) is 0 Å². The standard InChI is InChI=1S/C14H27N3O/c15-13(17-12-5-1-2-6-12)16-11-14(9-10-18)7-3-4-8-14/h12,18H,1-11H2,(H3,15,16,17). The Kier molecular flexibility index (Phi) is 4.87. The quantitative estimate of drug-likeness (QED) is 0.516. The minimum atomic E-state index is 0.219. The van der Waals surface area contributed by atoms with Crippen molar-refractivity contribution in [1.82, 2.24) is 5.32 Å². The summed E-state index contributed by atoms with van der Waals surface area (Å²) >= 11 is 0. The molecule has 104 valence electrons. The number of nitrogens with two attached hydrogens (primary N) is 1. The van der Waals surface area contributed by atoms with Gasteiger partial charge in [0.1, 0.15) is 0 Å². The monoisotopic (exact) mass is 253 g/mol. The first kappa shape index (κ1) is 13.7. The van der Waals surface area contributed by atoms with Gasteiger partial charge in [0, 0.05) is 19.2 Å². The number of nitrogens with one attached hydrogen (secondary N) is 1. The molecular formula is C14H27N3O. The first-order chi connectivity index (χ1) is 8.74. The average molecular weight is 253 g/mol. The highest BCUT2D eigenvalue weighted by Crippen LogP contribution is 2.41. The van der Waals surface area contributed by atoms with Crippen molar-refractivity contribution >= 4 is 5.96 Å². The third-order valence-corrected chi connectivity index (χ3v) is 4.60. The molecular weight excluding hydrogens is 226 g/mol. The Labute approximate surface area is 110 Å². The highest BCUT2D eigenvalue weighted by atomic mass is 16.3. The van der Waals surface area contributed by atoms with Crippen LogP contribution in [0.25, 0.3) is 0 Å². The van der Waals surface area contributed by atoms with Crippen molar-refractivity contribution in [2.75, 3.05) is 13.2 Å². The van der Waals surface area contributed by atoms with Gasteiger partial charge in [-0.2, -0.15) is 0 Å². The molecule has 0 aromatic carbocycles. The van der Waals surface area contributed by atoms with Crippen LogP contribution in [0.3, 0.4) is 0 Å². The number of hydrogen-bond donors (Lipinski definition) is 3. The molecule has 2 saturated carbocycles. The van der Waals surface area contributed by atoms with Gasteiger partial charge in [0.2, 0.25) is 0 Å². The lowest BCUT2D eigenvalue weighted by Crippen LogP contribution is -2.39. The maximum Gasteiger partial charge on any atom is 0.188 e. The summed E-state index contributed by atoms with van der Waals surface area (Å²) in [5.41, 5.74) is 6.18. The number of aliphatic hydroxyl groups excluding tert-OH is 1. The third-order valence-electron chi connectivity index (χ3n) is 4.60. The Hall–Kier alpha value is -0.770. The fourth-order valence-electron chi connectivity index (χ4n) is 3.43. The Morgan fingerprint density at radius 3 is 2.50 bits per heavy atom. The van der Waals surface area contributed by atoms with E-state index in [1.165, 1.54) is 51.4 Å². The van der Waals surface area contributed by atoms with Crippen molar-refractivity contribution in [2.24, 2.45) is 16.1 Å². The highest BCUT2D eigenvalue weighted by Gasteiger charge is 2.33. The lowest BCUT2D eigenvalue weighted by Gasteiger charge is -2.26. The number of aliphatic hydroxyl groups is 1. The maximum atomic E-state index is 9.19. The zero-order valence-corrected chi connectivity index (χ0v) is 11.3. The topological polar surface area (TPSA) is 70.6 Å². The van der Waals surface area contributed by atoms with Gasteiger partial charge in [0.05, 0.1) is 0 Å². The zero-order chi connectivity index (χ0) is 12.8. The molecule has 0 saturated heterocycles. The van der Waals surface area contributed by atoms with Crippen molar-refractivity contribution in [3.63, 3.8) is 0 Å². The molecule has 4 N–H and O–H groups in total. The number of aliphatic imine (C=N–C) groups is 1. The Morgan fingerprint density at radius 1 is 1.22 bits per heavy atom. The average Bonchev–Trinajstić information content (AvgIpc) is 2.99. The first-order valence-corrected chi connectivity index (χ1v) is 7.41. The summed E-state index contributed by atoms with van der Waals surface area (Å²) in [5, 5.41) is 12.5. The molecule has 2 aliphatic carbocycles. The predicted molar refractivity (Wildman–Crippen MR) is 74.5 cm³/mol. The van der Waals surface area contributed by atoms with Gasteiger partial charge in [-0.1, -0.05) is 25.7 Å². The first-order valence-electron chi connectivity index (χ1n) is 7.41. The van der Waals surface area contributed by atoms with Crippen molar-refractivity contribution in [1.29, 1.82) is 0 Å². The van der Waals surface area contributed by atoms with Crippen LogP contribution >= 0.6 is 0 Å². The number of guanidine groups is 1. The summed E-state index contributed by atoms with van der Waals surface area (Å²) < 4.78 is 0. The minimum absolute atomic E-state index is 0.219. The van der Waals surface area contributed by atoms with Crippen LogP contribution in [-0.4, -0.2) is 30.3 Å². The Balaban J connectivity index is 1.83. The van der Waals surface area contributed by atoms with Crippen LogP contribution < -0.4 is 11.1 Å². The molecule has 0 spiro atoms.